The molecule has 1 aromatic rings. The summed E-state index contributed by atoms with van der Waals surface area (Å²) in [7, 11) is 0. The lowest BCUT2D eigenvalue weighted by molar-refractivity contribution is -0.119. The first kappa shape index (κ1) is 18.0. The number of benzene rings is 1. The molecule has 0 spiro atoms. The molecule has 22 heavy (non-hydrogen) atoms. The number of amides is 3. The molecule has 0 heterocycles. The van der Waals surface area contributed by atoms with Crippen LogP contribution in [0.25, 0.3) is 0 Å². The van der Waals surface area contributed by atoms with Gasteiger partial charge in [-0.25, -0.2) is 4.79 Å². The number of nitrogens with two attached hydrogens (primary N) is 1. The molecule has 0 aliphatic rings. The summed E-state index contributed by atoms with van der Waals surface area (Å²) in [4.78, 5) is 24.6. The van der Waals surface area contributed by atoms with Gasteiger partial charge in [0.05, 0.1) is 0 Å². The number of carbonyl (C=O) groups excluding carboxylic acids is 2. The number of primary amides is 1. The van der Waals surface area contributed by atoms with Crippen LogP contribution in [-0.4, -0.2) is 24.5 Å². The number of nitrogens with one attached hydrogen (secondary N) is 1. The van der Waals surface area contributed by atoms with Gasteiger partial charge in [-0.05, 0) is 49.9 Å². The van der Waals surface area contributed by atoms with E-state index in [4.69, 9.17) is 5.73 Å². The standard InChI is InChI=1S/C17H27N3O2/c1-5-14(6-2)20(10-9-16(21)19-17(18)22)15-8-7-12(3)13(4)11-15/h7-8,11,14H,5-6,9-10H2,1-4H3,(H3,18,19,21,22). The number of aryl methyl sites for hydroxylation is 2. The predicted molar refractivity (Wildman–Crippen MR) is 90.0 cm³/mol. The van der Waals surface area contributed by atoms with E-state index in [1.165, 1.54) is 11.1 Å². The fourth-order valence-electron chi connectivity index (χ4n) is 2.58. The fraction of sp³-hybridized carbons (Fsp3) is 0.529. The van der Waals surface area contributed by atoms with E-state index in [0.717, 1.165) is 18.5 Å². The van der Waals surface area contributed by atoms with E-state index in [2.05, 4.69) is 56.1 Å². The number of nitrogens with zero attached hydrogens (tertiary/aromatic N) is 1. The maximum atomic E-state index is 11.7. The number of anilines is 1. The second kappa shape index (κ2) is 8.41. The Morgan fingerprint density at radius 1 is 1.18 bits per heavy atom. The van der Waals surface area contributed by atoms with E-state index in [0.29, 0.717) is 12.6 Å². The first-order valence-corrected chi connectivity index (χ1v) is 7.82. The highest BCUT2D eigenvalue weighted by molar-refractivity contribution is 5.93. The molecular weight excluding hydrogens is 278 g/mol. The van der Waals surface area contributed by atoms with Gasteiger partial charge in [-0.3, -0.25) is 10.1 Å². The minimum absolute atomic E-state index is 0.242. The third kappa shape index (κ3) is 5.06. The normalized spacial score (nSPS) is 10.6. The van der Waals surface area contributed by atoms with E-state index in [1.807, 2.05) is 0 Å². The summed E-state index contributed by atoms with van der Waals surface area (Å²) in [6.45, 7) is 9.02. The van der Waals surface area contributed by atoms with Crippen LogP contribution >= 0.6 is 0 Å². The van der Waals surface area contributed by atoms with E-state index < -0.39 is 6.03 Å². The summed E-state index contributed by atoms with van der Waals surface area (Å²) in [6.07, 6.45) is 2.24. The second-order valence-electron chi connectivity index (χ2n) is 5.59. The summed E-state index contributed by atoms with van der Waals surface area (Å²) >= 11 is 0. The SMILES string of the molecule is CCC(CC)N(CCC(=O)NC(N)=O)c1ccc(C)c(C)c1. The summed E-state index contributed by atoms with van der Waals surface area (Å²) in [5, 5.41) is 2.12. The molecule has 0 aliphatic heterocycles. The highest BCUT2D eigenvalue weighted by atomic mass is 16.2. The van der Waals surface area contributed by atoms with E-state index in [-0.39, 0.29) is 12.3 Å². The zero-order valence-electron chi connectivity index (χ0n) is 14.0. The van der Waals surface area contributed by atoms with Crippen molar-refractivity contribution in [1.29, 1.82) is 0 Å². The average molecular weight is 305 g/mol. The molecule has 0 saturated heterocycles. The van der Waals surface area contributed by atoms with Crippen molar-refractivity contribution in [2.75, 3.05) is 11.4 Å². The van der Waals surface area contributed by atoms with Crippen LogP contribution in [0, 0.1) is 13.8 Å². The third-order valence-electron chi connectivity index (χ3n) is 4.05. The smallest absolute Gasteiger partial charge is 0.318 e. The van der Waals surface area contributed by atoms with Gasteiger partial charge in [0.1, 0.15) is 0 Å². The van der Waals surface area contributed by atoms with Crippen molar-refractivity contribution >= 4 is 17.6 Å². The van der Waals surface area contributed by atoms with Gasteiger partial charge in [-0.1, -0.05) is 19.9 Å². The van der Waals surface area contributed by atoms with Crippen LogP contribution in [0.3, 0.4) is 0 Å². The molecule has 0 atom stereocenters. The Morgan fingerprint density at radius 3 is 2.32 bits per heavy atom. The zero-order valence-corrected chi connectivity index (χ0v) is 14.0. The molecule has 3 N–H and O–H groups in total. The molecule has 5 heteroatoms. The lowest BCUT2D eigenvalue weighted by Gasteiger charge is -2.33. The molecule has 0 unspecified atom stereocenters. The number of hydrogen-bond acceptors (Lipinski definition) is 3. The summed E-state index contributed by atoms with van der Waals surface area (Å²) in [5.41, 5.74) is 8.57. The first-order chi connectivity index (χ1) is 10.4. The third-order valence-corrected chi connectivity index (χ3v) is 4.05. The zero-order chi connectivity index (χ0) is 16.7. The molecule has 0 aromatic heterocycles. The van der Waals surface area contributed by atoms with E-state index >= 15 is 0 Å². The molecule has 122 valence electrons. The number of imide groups is 1. The summed E-state index contributed by atoms with van der Waals surface area (Å²) < 4.78 is 0. The van der Waals surface area contributed by atoms with Crippen LogP contribution in [0.15, 0.2) is 18.2 Å². The average Bonchev–Trinajstić information content (AvgIpc) is 2.45. The number of rotatable bonds is 7. The Bertz CT molecular complexity index is 525. The minimum Gasteiger partial charge on any atom is -0.368 e. The molecule has 0 saturated carbocycles. The van der Waals surface area contributed by atoms with Crippen LogP contribution in [0.4, 0.5) is 10.5 Å². The van der Waals surface area contributed by atoms with Gasteiger partial charge in [-0.2, -0.15) is 0 Å². The van der Waals surface area contributed by atoms with Crippen molar-refractivity contribution in [2.24, 2.45) is 5.73 Å². The molecule has 1 rings (SSSR count). The van der Waals surface area contributed by atoms with Crippen molar-refractivity contribution in [3.8, 4) is 0 Å². The second-order valence-corrected chi connectivity index (χ2v) is 5.59. The Hall–Kier alpha value is -2.04. The minimum atomic E-state index is -0.801. The van der Waals surface area contributed by atoms with Crippen molar-refractivity contribution < 1.29 is 9.59 Å². The van der Waals surface area contributed by atoms with Crippen LogP contribution in [0.1, 0.15) is 44.2 Å². The molecule has 0 bridgehead atoms. The van der Waals surface area contributed by atoms with Crippen LogP contribution in [0.2, 0.25) is 0 Å². The van der Waals surface area contributed by atoms with Crippen molar-refractivity contribution in [3.63, 3.8) is 0 Å². The highest BCUT2D eigenvalue weighted by Gasteiger charge is 2.17. The number of hydrogen-bond donors (Lipinski definition) is 2. The van der Waals surface area contributed by atoms with Crippen molar-refractivity contribution in [1.82, 2.24) is 5.32 Å². The summed E-state index contributed by atoms with van der Waals surface area (Å²) in [6, 6.07) is 5.91. The molecule has 5 nitrogen and oxygen atoms in total. The van der Waals surface area contributed by atoms with E-state index in [1.54, 1.807) is 0 Å². The lowest BCUT2D eigenvalue weighted by Crippen LogP contribution is -2.40. The lowest BCUT2D eigenvalue weighted by atomic mass is 10.1. The Morgan fingerprint density at radius 2 is 1.82 bits per heavy atom. The Labute approximate surface area is 132 Å². The topological polar surface area (TPSA) is 75.4 Å². The first-order valence-electron chi connectivity index (χ1n) is 7.82. The van der Waals surface area contributed by atoms with Gasteiger partial charge < -0.3 is 10.6 Å². The largest absolute Gasteiger partial charge is 0.368 e. The van der Waals surface area contributed by atoms with Gasteiger partial charge in [-0.15, -0.1) is 0 Å². The van der Waals surface area contributed by atoms with Crippen molar-refractivity contribution in [2.45, 2.75) is 53.0 Å². The molecule has 0 radical (unpaired) electrons. The molecule has 1 aromatic carbocycles. The summed E-state index contributed by atoms with van der Waals surface area (Å²) in [5.74, 6) is -0.340. The maximum absolute atomic E-state index is 11.7. The van der Waals surface area contributed by atoms with Gasteiger partial charge in [0.15, 0.2) is 0 Å². The van der Waals surface area contributed by atoms with E-state index in [9.17, 15) is 9.59 Å². The predicted octanol–water partition coefficient (Wildman–Crippen LogP) is 2.88. The number of urea groups is 1. The monoisotopic (exact) mass is 305 g/mol. The Kier molecular flexibility index (Phi) is 6.89. The molecular formula is C17H27N3O2. The maximum Gasteiger partial charge on any atom is 0.318 e. The van der Waals surface area contributed by atoms with Crippen LogP contribution in [0.5, 0.6) is 0 Å². The van der Waals surface area contributed by atoms with Gasteiger partial charge in [0, 0.05) is 24.7 Å². The van der Waals surface area contributed by atoms with Crippen molar-refractivity contribution in [3.05, 3.63) is 29.3 Å². The molecule has 3 amide bonds. The number of carbonyl (C=O) groups is 2. The molecule has 0 aliphatic carbocycles. The Balaban J connectivity index is 2.90. The fourth-order valence-corrected chi connectivity index (χ4v) is 2.58. The van der Waals surface area contributed by atoms with Gasteiger partial charge in [0.2, 0.25) is 5.91 Å². The van der Waals surface area contributed by atoms with Gasteiger partial charge in [0.25, 0.3) is 0 Å². The van der Waals surface area contributed by atoms with Crippen LogP contribution in [-0.2, 0) is 4.79 Å². The quantitative estimate of drug-likeness (QED) is 0.813. The van der Waals surface area contributed by atoms with Crippen LogP contribution < -0.4 is 16.0 Å². The van der Waals surface area contributed by atoms with Gasteiger partial charge >= 0.3 is 6.03 Å². The molecule has 0 fully saturated rings. The highest BCUT2D eigenvalue weighted by Crippen LogP contribution is 2.23.